The lowest BCUT2D eigenvalue weighted by Crippen LogP contribution is -1.86. The highest BCUT2D eigenvalue weighted by Gasteiger charge is 2.18. The van der Waals surface area contributed by atoms with Crippen molar-refractivity contribution in [3.63, 3.8) is 0 Å². The second-order valence-electron chi connectivity index (χ2n) is 9.66. The molecule has 0 saturated carbocycles. The molecule has 6 heteroatoms. The molecular weight excluding hydrogens is 486 g/mol. The van der Waals surface area contributed by atoms with Gasteiger partial charge >= 0.3 is 0 Å². The fourth-order valence-corrected chi connectivity index (χ4v) is 5.66. The minimum absolute atomic E-state index is 0.673. The average Bonchev–Trinajstić information content (AvgIpc) is 3.67. The maximum atomic E-state index is 6.25. The predicted molar refractivity (Wildman–Crippen MR) is 153 cm³/mol. The van der Waals surface area contributed by atoms with E-state index in [-0.39, 0.29) is 0 Å². The molecule has 182 valence electrons. The standard InChI is InChI=1S/C33H17N3O3/c1-3-7-25-20(5-1)21-13-14-34-29(32(21)38-25)18-9-11-27-23(15-18)24-16-19(10-12-28(24)37-27)30-33-31(36-17-35-30)22-6-2-4-8-26(22)39-33/h1-17H. The first-order valence-electron chi connectivity index (χ1n) is 12.7. The molecule has 9 aromatic rings. The molecule has 0 aliphatic rings. The molecule has 0 aliphatic carbocycles. The average molecular weight is 504 g/mol. The van der Waals surface area contributed by atoms with Crippen molar-refractivity contribution in [2.45, 2.75) is 0 Å². The van der Waals surface area contributed by atoms with Crippen LogP contribution in [-0.2, 0) is 0 Å². The summed E-state index contributed by atoms with van der Waals surface area (Å²) >= 11 is 0. The normalized spacial score (nSPS) is 12.1. The van der Waals surface area contributed by atoms with Crippen molar-refractivity contribution in [3.05, 3.63) is 104 Å². The fraction of sp³-hybridized carbons (Fsp3) is 0. The third-order valence-corrected chi connectivity index (χ3v) is 7.47. The van der Waals surface area contributed by atoms with Crippen LogP contribution in [0, 0.1) is 0 Å². The van der Waals surface area contributed by atoms with Gasteiger partial charge in [-0.1, -0.05) is 30.3 Å². The van der Waals surface area contributed by atoms with Crippen molar-refractivity contribution in [1.82, 2.24) is 15.0 Å². The van der Waals surface area contributed by atoms with Gasteiger partial charge < -0.3 is 13.3 Å². The van der Waals surface area contributed by atoms with Gasteiger partial charge in [0.25, 0.3) is 0 Å². The van der Waals surface area contributed by atoms with Crippen molar-refractivity contribution in [3.8, 4) is 22.5 Å². The maximum absolute atomic E-state index is 6.25. The second kappa shape index (κ2) is 7.52. The summed E-state index contributed by atoms with van der Waals surface area (Å²) < 4.78 is 18.7. The Kier molecular flexibility index (Phi) is 3.96. The van der Waals surface area contributed by atoms with Crippen LogP contribution in [0.3, 0.4) is 0 Å². The summed E-state index contributed by atoms with van der Waals surface area (Å²) in [5.74, 6) is 0. The molecule has 6 nitrogen and oxygen atoms in total. The van der Waals surface area contributed by atoms with Gasteiger partial charge in [0.1, 0.15) is 45.6 Å². The van der Waals surface area contributed by atoms with E-state index in [1.807, 2.05) is 79.0 Å². The topological polar surface area (TPSA) is 78.1 Å². The monoisotopic (exact) mass is 503 g/mol. The zero-order chi connectivity index (χ0) is 25.5. The van der Waals surface area contributed by atoms with Crippen LogP contribution in [-0.4, -0.2) is 15.0 Å². The third-order valence-electron chi connectivity index (χ3n) is 7.47. The molecule has 0 saturated heterocycles. The zero-order valence-corrected chi connectivity index (χ0v) is 20.4. The first kappa shape index (κ1) is 20.6. The number of rotatable bonds is 2. The summed E-state index contributed by atoms with van der Waals surface area (Å²) in [5, 5.41) is 5.09. The lowest BCUT2D eigenvalue weighted by Gasteiger charge is -2.03. The van der Waals surface area contributed by atoms with E-state index in [0.29, 0.717) is 5.58 Å². The highest BCUT2D eigenvalue weighted by atomic mass is 16.3. The summed E-state index contributed by atoms with van der Waals surface area (Å²) in [7, 11) is 0. The summed E-state index contributed by atoms with van der Waals surface area (Å²) in [6.45, 7) is 0. The van der Waals surface area contributed by atoms with Crippen molar-refractivity contribution < 1.29 is 13.3 Å². The molecule has 39 heavy (non-hydrogen) atoms. The molecule has 0 bridgehead atoms. The van der Waals surface area contributed by atoms with Gasteiger partial charge in [0.05, 0.1) is 0 Å². The first-order chi connectivity index (χ1) is 19.3. The Hall–Kier alpha value is -5.49. The highest BCUT2D eigenvalue weighted by Crippen LogP contribution is 2.39. The number of benzene rings is 4. The molecule has 0 radical (unpaired) electrons. The van der Waals surface area contributed by atoms with Crippen LogP contribution in [0.2, 0.25) is 0 Å². The minimum Gasteiger partial charge on any atom is -0.456 e. The molecule has 0 aliphatic heterocycles. The number of hydrogen-bond acceptors (Lipinski definition) is 6. The summed E-state index contributed by atoms with van der Waals surface area (Å²) in [6, 6.07) is 30.2. The predicted octanol–water partition coefficient (Wildman–Crippen LogP) is 8.90. The lowest BCUT2D eigenvalue weighted by molar-refractivity contribution is 0.666. The molecule has 9 rings (SSSR count). The zero-order valence-electron chi connectivity index (χ0n) is 20.4. The minimum atomic E-state index is 0.673. The van der Waals surface area contributed by atoms with Gasteiger partial charge in [0, 0.05) is 44.3 Å². The quantitative estimate of drug-likeness (QED) is 0.234. The van der Waals surface area contributed by atoms with E-state index in [1.165, 1.54) is 0 Å². The molecule has 5 heterocycles. The van der Waals surface area contributed by atoms with E-state index in [9.17, 15) is 0 Å². The van der Waals surface area contributed by atoms with Crippen molar-refractivity contribution >= 4 is 65.9 Å². The van der Waals surface area contributed by atoms with E-state index < -0.39 is 0 Å². The van der Waals surface area contributed by atoms with E-state index in [0.717, 1.165) is 82.9 Å². The molecule has 0 fully saturated rings. The van der Waals surface area contributed by atoms with Crippen LogP contribution in [0.25, 0.3) is 88.5 Å². The van der Waals surface area contributed by atoms with Gasteiger partial charge in [0.15, 0.2) is 11.2 Å². The molecule has 5 aromatic heterocycles. The van der Waals surface area contributed by atoms with Crippen molar-refractivity contribution in [2.24, 2.45) is 0 Å². The summed E-state index contributed by atoms with van der Waals surface area (Å²) in [5.41, 5.74) is 8.95. The molecule has 0 atom stereocenters. The first-order valence-corrected chi connectivity index (χ1v) is 12.7. The molecule has 4 aromatic carbocycles. The van der Waals surface area contributed by atoms with E-state index in [4.69, 9.17) is 18.2 Å². The number of para-hydroxylation sites is 2. The van der Waals surface area contributed by atoms with Crippen LogP contribution >= 0.6 is 0 Å². The SMILES string of the molecule is c1ccc2c(c1)oc1c(-c3ccc4oc5ccc(-c6ncnc7c6oc6ccccc67)cc5c4c3)nccc12. The van der Waals surface area contributed by atoms with Crippen LogP contribution < -0.4 is 0 Å². The number of furan rings is 3. The Morgan fingerprint density at radius 1 is 0.436 bits per heavy atom. The largest absolute Gasteiger partial charge is 0.456 e. The summed E-state index contributed by atoms with van der Waals surface area (Å²) in [4.78, 5) is 13.8. The molecule has 0 N–H and O–H groups in total. The van der Waals surface area contributed by atoms with Gasteiger partial charge in [0.2, 0.25) is 0 Å². The second-order valence-corrected chi connectivity index (χ2v) is 9.66. The smallest absolute Gasteiger partial charge is 0.180 e. The van der Waals surface area contributed by atoms with E-state index in [2.05, 4.69) is 28.2 Å². The van der Waals surface area contributed by atoms with Crippen molar-refractivity contribution in [2.75, 3.05) is 0 Å². The van der Waals surface area contributed by atoms with Gasteiger partial charge in [-0.2, -0.15) is 0 Å². The van der Waals surface area contributed by atoms with Gasteiger partial charge in [-0.25, -0.2) is 9.97 Å². The number of nitrogens with zero attached hydrogens (tertiary/aromatic N) is 3. The highest BCUT2D eigenvalue weighted by molar-refractivity contribution is 6.12. The van der Waals surface area contributed by atoms with Crippen LogP contribution in [0.4, 0.5) is 0 Å². The lowest BCUT2D eigenvalue weighted by atomic mass is 10.0. The maximum Gasteiger partial charge on any atom is 0.180 e. The van der Waals surface area contributed by atoms with Gasteiger partial charge in [-0.15, -0.1) is 0 Å². The Morgan fingerprint density at radius 2 is 1.05 bits per heavy atom. The van der Waals surface area contributed by atoms with Crippen LogP contribution in [0.5, 0.6) is 0 Å². The number of aromatic nitrogens is 3. The van der Waals surface area contributed by atoms with Crippen molar-refractivity contribution in [1.29, 1.82) is 0 Å². The Bertz CT molecular complexity index is 2240. The number of pyridine rings is 1. The van der Waals surface area contributed by atoms with Crippen LogP contribution in [0.15, 0.2) is 117 Å². The van der Waals surface area contributed by atoms with Gasteiger partial charge in [-0.3, -0.25) is 4.98 Å². The van der Waals surface area contributed by atoms with E-state index >= 15 is 0 Å². The van der Waals surface area contributed by atoms with E-state index in [1.54, 1.807) is 6.33 Å². The fourth-order valence-electron chi connectivity index (χ4n) is 5.66. The van der Waals surface area contributed by atoms with Crippen LogP contribution in [0.1, 0.15) is 0 Å². The number of fused-ring (bicyclic) bond motifs is 9. The Labute approximate surface area is 220 Å². The molecular formula is C33H17N3O3. The summed E-state index contributed by atoms with van der Waals surface area (Å²) in [6.07, 6.45) is 3.43. The molecule has 0 spiro atoms. The third kappa shape index (κ3) is 2.88. The molecule has 0 amide bonds. The number of hydrogen-bond donors (Lipinski definition) is 0. The Morgan fingerprint density at radius 3 is 1.82 bits per heavy atom. The Balaban J connectivity index is 1.26. The molecule has 0 unspecified atom stereocenters. The van der Waals surface area contributed by atoms with Gasteiger partial charge in [-0.05, 0) is 60.7 Å².